The summed E-state index contributed by atoms with van der Waals surface area (Å²) in [4.78, 5) is 32.4. The van der Waals surface area contributed by atoms with E-state index in [0.717, 1.165) is 52.8 Å². The Bertz CT molecular complexity index is 1750. The number of hydrogen-bond donors (Lipinski definition) is 1. The lowest BCUT2D eigenvalue weighted by molar-refractivity contribution is -0.148. The van der Waals surface area contributed by atoms with Crippen LogP contribution in [0.1, 0.15) is 48.8 Å². The maximum atomic E-state index is 14.3. The summed E-state index contributed by atoms with van der Waals surface area (Å²) in [6.45, 7) is 4.00. The van der Waals surface area contributed by atoms with E-state index < -0.39 is 17.9 Å². The van der Waals surface area contributed by atoms with Gasteiger partial charge in [0.05, 0.1) is 13.0 Å². The monoisotopic (exact) mass is 628 g/mol. The van der Waals surface area contributed by atoms with Crippen LogP contribution in [0.4, 0.5) is 0 Å². The summed E-state index contributed by atoms with van der Waals surface area (Å²) in [5, 5.41) is 22.9. The molecule has 1 aliphatic heterocycles. The lowest BCUT2D eigenvalue weighted by atomic mass is 9.90. The predicted molar refractivity (Wildman–Crippen MR) is 181 cm³/mol. The molecule has 1 aromatic heterocycles. The number of aromatic nitrogens is 4. The van der Waals surface area contributed by atoms with Gasteiger partial charge in [-0.3, -0.25) is 9.69 Å². The van der Waals surface area contributed by atoms with E-state index in [4.69, 9.17) is 0 Å². The number of nitrogens with zero attached hydrogens (tertiary/aromatic N) is 6. The minimum Gasteiger partial charge on any atom is -0.480 e. The van der Waals surface area contributed by atoms with Gasteiger partial charge in [0.25, 0.3) is 0 Å². The first-order valence-electron chi connectivity index (χ1n) is 16.2. The van der Waals surface area contributed by atoms with Gasteiger partial charge in [-0.2, -0.15) is 4.80 Å². The molecule has 47 heavy (non-hydrogen) atoms. The summed E-state index contributed by atoms with van der Waals surface area (Å²) < 4.78 is 0. The van der Waals surface area contributed by atoms with Crippen LogP contribution >= 0.6 is 0 Å². The molecular formula is C38H40N6O3. The summed E-state index contributed by atoms with van der Waals surface area (Å²) in [5.41, 5.74) is 5.83. The van der Waals surface area contributed by atoms with Crippen LogP contribution in [0.3, 0.4) is 0 Å². The standard InChI is InChI=1S/C38H40N6O3/c1-3-4-23-43(25-27-19-21-28(22-20-27)32-17-11-12-18-33(32)36-39-41-42(2)40-36)31-24-34(38(46)47)44(26-31)37(45)35(29-13-7-5-8-14-29)30-15-9-6-10-16-30/h5-22,31,34-35H,3-4,23-26H2,1-2H3,(H,46,47)/t31?,34-/m0/s1. The van der Waals surface area contributed by atoms with Gasteiger partial charge in [0, 0.05) is 24.7 Å². The van der Waals surface area contributed by atoms with Crippen molar-refractivity contribution < 1.29 is 14.7 Å². The zero-order valence-electron chi connectivity index (χ0n) is 26.8. The van der Waals surface area contributed by atoms with Crippen LogP contribution in [0.25, 0.3) is 22.5 Å². The van der Waals surface area contributed by atoms with Gasteiger partial charge in [-0.15, -0.1) is 10.2 Å². The number of carbonyl (C=O) groups is 2. The molecule has 0 saturated carbocycles. The van der Waals surface area contributed by atoms with Crippen molar-refractivity contribution in [3.8, 4) is 22.5 Å². The fourth-order valence-electron chi connectivity index (χ4n) is 6.59. The molecule has 9 nitrogen and oxygen atoms in total. The molecule has 2 heterocycles. The van der Waals surface area contributed by atoms with Gasteiger partial charge in [0.2, 0.25) is 11.7 Å². The molecule has 6 rings (SSSR count). The number of hydrogen-bond acceptors (Lipinski definition) is 6. The quantitative estimate of drug-likeness (QED) is 0.180. The van der Waals surface area contributed by atoms with Gasteiger partial charge in [0.1, 0.15) is 6.04 Å². The molecule has 0 bridgehead atoms. The third-order valence-electron chi connectivity index (χ3n) is 9.00. The first-order valence-corrected chi connectivity index (χ1v) is 16.2. The first kappa shape index (κ1) is 31.8. The summed E-state index contributed by atoms with van der Waals surface area (Å²) in [6, 6.07) is 34.8. The number of rotatable bonds is 12. The highest BCUT2D eigenvalue weighted by Crippen LogP contribution is 2.33. The molecule has 2 atom stereocenters. The number of carbonyl (C=O) groups excluding carboxylic acids is 1. The maximum absolute atomic E-state index is 14.3. The summed E-state index contributed by atoms with van der Waals surface area (Å²) >= 11 is 0. The van der Waals surface area contributed by atoms with E-state index in [1.807, 2.05) is 78.9 Å². The molecule has 1 N–H and O–H groups in total. The van der Waals surface area contributed by atoms with Gasteiger partial charge < -0.3 is 10.0 Å². The van der Waals surface area contributed by atoms with Crippen LogP contribution in [-0.4, -0.2) is 72.2 Å². The minimum atomic E-state index is -0.961. The van der Waals surface area contributed by atoms with Crippen molar-refractivity contribution in [2.24, 2.45) is 7.05 Å². The Morgan fingerprint density at radius 1 is 0.872 bits per heavy atom. The second-order valence-electron chi connectivity index (χ2n) is 12.2. The van der Waals surface area contributed by atoms with E-state index >= 15 is 0 Å². The van der Waals surface area contributed by atoms with E-state index in [-0.39, 0.29) is 11.9 Å². The average Bonchev–Trinajstić information content (AvgIpc) is 3.75. The van der Waals surface area contributed by atoms with E-state index in [9.17, 15) is 14.7 Å². The Morgan fingerprint density at radius 3 is 2.06 bits per heavy atom. The Balaban J connectivity index is 1.24. The molecule has 9 heteroatoms. The van der Waals surface area contributed by atoms with Crippen molar-refractivity contribution in [2.45, 2.75) is 50.7 Å². The van der Waals surface area contributed by atoms with Crippen LogP contribution in [0.5, 0.6) is 0 Å². The van der Waals surface area contributed by atoms with E-state index in [1.54, 1.807) is 11.9 Å². The molecule has 0 radical (unpaired) electrons. The second-order valence-corrected chi connectivity index (χ2v) is 12.2. The number of benzene rings is 4. The largest absolute Gasteiger partial charge is 0.480 e. The molecule has 0 spiro atoms. The average molecular weight is 629 g/mol. The summed E-state index contributed by atoms with van der Waals surface area (Å²) in [5.74, 6) is -1.13. The van der Waals surface area contributed by atoms with Crippen molar-refractivity contribution in [1.29, 1.82) is 0 Å². The fraction of sp³-hybridized carbons (Fsp3) is 0.289. The molecule has 4 aromatic carbocycles. The number of unbranched alkanes of at least 4 members (excludes halogenated alkanes) is 1. The molecule has 5 aromatic rings. The highest BCUT2D eigenvalue weighted by atomic mass is 16.4. The van der Waals surface area contributed by atoms with Crippen LogP contribution in [0.15, 0.2) is 109 Å². The lowest BCUT2D eigenvalue weighted by Crippen LogP contribution is -2.44. The molecule has 0 aliphatic carbocycles. The molecule has 1 fully saturated rings. The van der Waals surface area contributed by atoms with Gasteiger partial charge in [0.15, 0.2) is 0 Å². The number of aryl methyl sites for hydroxylation is 1. The van der Waals surface area contributed by atoms with E-state index in [2.05, 4.69) is 57.6 Å². The van der Waals surface area contributed by atoms with Crippen molar-refractivity contribution in [1.82, 2.24) is 30.0 Å². The topological polar surface area (TPSA) is 104 Å². The first-order chi connectivity index (χ1) is 22.9. The van der Waals surface area contributed by atoms with Gasteiger partial charge in [-0.1, -0.05) is 123 Å². The van der Waals surface area contributed by atoms with E-state index in [0.29, 0.717) is 25.3 Å². The lowest BCUT2D eigenvalue weighted by Gasteiger charge is -2.30. The fourth-order valence-corrected chi connectivity index (χ4v) is 6.59. The zero-order chi connectivity index (χ0) is 32.8. The number of carboxylic acid groups (broad SMARTS) is 1. The Morgan fingerprint density at radius 2 is 1.49 bits per heavy atom. The van der Waals surface area contributed by atoms with E-state index in [1.165, 1.54) is 4.80 Å². The minimum absolute atomic E-state index is 0.0815. The third-order valence-corrected chi connectivity index (χ3v) is 9.00. The van der Waals surface area contributed by atoms with Crippen molar-refractivity contribution in [2.75, 3.05) is 13.1 Å². The molecule has 1 unspecified atom stereocenters. The zero-order valence-corrected chi connectivity index (χ0v) is 26.8. The predicted octanol–water partition coefficient (Wildman–Crippen LogP) is 6.03. The van der Waals surface area contributed by atoms with Gasteiger partial charge >= 0.3 is 5.97 Å². The number of tetrazole rings is 1. The Kier molecular flexibility index (Phi) is 9.83. The number of carboxylic acids is 1. The van der Waals surface area contributed by atoms with Crippen LogP contribution < -0.4 is 0 Å². The normalized spacial score (nSPS) is 16.2. The smallest absolute Gasteiger partial charge is 0.326 e. The SMILES string of the molecule is CCCCN(Cc1ccc(-c2ccccc2-c2nnn(C)n2)cc1)C1C[C@@H](C(=O)O)N(C(=O)C(c2ccccc2)c2ccccc2)C1. The number of likely N-dealkylation sites (tertiary alicyclic amines) is 1. The highest BCUT2D eigenvalue weighted by Gasteiger charge is 2.44. The highest BCUT2D eigenvalue weighted by molar-refractivity contribution is 5.91. The van der Waals surface area contributed by atoms with Crippen LogP contribution in [-0.2, 0) is 23.2 Å². The van der Waals surface area contributed by atoms with Crippen molar-refractivity contribution in [3.05, 3.63) is 126 Å². The molecule has 1 amide bonds. The van der Waals surface area contributed by atoms with Crippen molar-refractivity contribution >= 4 is 11.9 Å². The molecular weight excluding hydrogens is 588 g/mol. The van der Waals surface area contributed by atoms with Gasteiger partial charge in [-0.25, -0.2) is 4.79 Å². The Labute approximate surface area is 275 Å². The maximum Gasteiger partial charge on any atom is 0.326 e. The second kappa shape index (κ2) is 14.5. The molecule has 1 aliphatic rings. The Hall–Kier alpha value is -5.15. The molecule has 240 valence electrons. The van der Waals surface area contributed by atoms with Crippen LogP contribution in [0, 0.1) is 0 Å². The summed E-state index contributed by atoms with van der Waals surface area (Å²) in [7, 11) is 1.75. The number of aliphatic carboxylic acids is 1. The number of amides is 1. The summed E-state index contributed by atoms with van der Waals surface area (Å²) in [6.07, 6.45) is 2.39. The molecule has 1 saturated heterocycles. The van der Waals surface area contributed by atoms with Crippen LogP contribution in [0.2, 0.25) is 0 Å². The van der Waals surface area contributed by atoms with Crippen molar-refractivity contribution in [3.63, 3.8) is 0 Å². The third kappa shape index (κ3) is 7.15. The van der Waals surface area contributed by atoms with Gasteiger partial charge in [-0.05, 0) is 52.4 Å².